The molecule has 1 aromatic rings. The zero-order valence-corrected chi connectivity index (χ0v) is 8.74. The zero-order valence-electron chi connectivity index (χ0n) is 8.74. The second-order valence-electron chi connectivity index (χ2n) is 4.16. The van der Waals surface area contributed by atoms with Crippen molar-refractivity contribution in [1.29, 1.82) is 0 Å². The molecule has 0 aromatic heterocycles. The smallest absolute Gasteiger partial charge is 0.315 e. The van der Waals surface area contributed by atoms with E-state index < -0.39 is 23.2 Å². The molecule has 2 rings (SSSR count). The Morgan fingerprint density at radius 3 is 2.06 bits per heavy atom. The minimum atomic E-state index is -4.53. The Balaban J connectivity index is 2.53. The van der Waals surface area contributed by atoms with E-state index in [0.29, 0.717) is 6.07 Å². The zero-order chi connectivity index (χ0) is 12.7. The summed E-state index contributed by atoms with van der Waals surface area (Å²) in [6.07, 6.45) is -4.74. The van der Waals surface area contributed by atoms with Gasteiger partial charge in [0.2, 0.25) is 0 Å². The van der Waals surface area contributed by atoms with Gasteiger partial charge in [-0.1, -0.05) is 0 Å². The molecule has 1 aromatic carbocycles. The Hall–Kier alpha value is -1.17. The minimum absolute atomic E-state index is 0.178. The first-order valence-electron chi connectivity index (χ1n) is 5.09. The normalized spacial score (nSPS) is 25.2. The molecule has 0 amide bonds. The molecule has 0 aliphatic carbocycles. The average molecular weight is 251 g/mol. The van der Waals surface area contributed by atoms with Crippen LogP contribution in [-0.4, -0.2) is 19.3 Å². The van der Waals surface area contributed by atoms with E-state index in [1.165, 1.54) is 0 Å². The van der Waals surface area contributed by atoms with Crippen LogP contribution in [0.5, 0.6) is 0 Å². The monoisotopic (exact) mass is 251 g/mol. The number of halogens is 5. The van der Waals surface area contributed by atoms with Crippen LogP contribution in [0.4, 0.5) is 22.0 Å². The van der Waals surface area contributed by atoms with E-state index in [1.807, 2.05) is 0 Å². The number of rotatable bonds is 1. The van der Waals surface area contributed by atoms with Gasteiger partial charge in [0.25, 0.3) is 0 Å². The molecule has 0 saturated carbocycles. The summed E-state index contributed by atoms with van der Waals surface area (Å²) in [7, 11) is 0. The number of hydrogen-bond donors (Lipinski definition) is 1. The lowest BCUT2D eigenvalue weighted by Gasteiger charge is -2.31. The summed E-state index contributed by atoms with van der Waals surface area (Å²) in [6.45, 7) is -0.170. The molecule has 0 unspecified atom stereocenters. The third-order valence-electron chi connectivity index (χ3n) is 3.11. The summed E-state index contributed by atoms with van der Waals surface area (Å²) in [4.78, 5) is 0. The van der Waals surface area contributed by atoms with Gasteiger partial charge >= 0.3 is 6.18 Å². The molecule has 94 valence electrons. The quantitative estimate of drug-likeness (QED) is 0.757. The fourth-order valence-corrected chi connectivity index (χ4v) is 2.17. The molecule has 0 bridgehead atoms. The number of nitrogens with one attached hydrogen (secondary N) is 1. The van der Waals surface area contributed by atoms with Crippen molar-refractivity contribution in [3.8, 4) is 0 Å². The highest BCUT2D eigenvalue weighted by molar-refractivity contribution is 5.31. The van der Waals surface area contributed by atoms with Crippen molar-refractivity contribution in [3.05, 3.63) is 35.4 Å². The van der Waals surface area contributed by atoms with Crippen molar-refractivity contribution in [2.45, 2.75) is 18.0 Å². The van der Waals surface area contributed by atoms with Crippen molar-refractivity contribution in [2.75, 3.05) is 13.1 Å². The van der Waals surface area contributed by atoms with Crippen LogP contribution in [0.1, 0.15) is 12.0 Å². The fourth-order valence-electron chi connectivity index (χ4n) is 2.17. The SMILES string of the molecule is Fc1cc(F)cc([C@]2(C(F)(F)F)CCNC2)c1. The van der Waals surface area contributed by atoms with Gasteiger partial charge in [-0.25, -0.2) is 8.78 Å². The Morgan fingerprint density at radius 1 is 1.06 bits per heavy atom. The van der Waals surface area contributed by atoms with Crippen molar-refractivity contribution in [3.63, 3.8) is 0 Å². The Labute approximate surface area is 94.6 Å². The van der Waals surface area contributed by atoms with Gasteiger partial charge in [0.1, 0.15) is 17.0 Å². The molecule has 6 heteroatoms. The van der Waals surface area contributed by atoms with E-state index >= 15 is 0 Å². The van der Waals surface area contributed by atoms with E-state index in [2.05, 4.69) is 5.32 Å². The van der Waals surface area contributed by atoms with Crippen molar-refractivity contribution in [2.24, 2.45) is 0 Å². The Kier molecular flexibility index (Phi) is 2.85. The van der Waals surface area contributed by atoms with Crippen molar-refractivity contribution >= 4 is 0 Å². The van der Waals surface area contributed by atoms with E-state index in [1.54, 1.807) is 0 Å². The van der Waals surface area contributed by atoms with Gasteiger partial charge in [-0.2, -0.15) is 13.2 Å². The predicted octanol–water partition coefficient (Wildman–Crippen LogP) is 2.76. The molecule has 1 aliphatic rings. The molecule has 1 fully saturated rings. The molecule has 0 radical (unpaired) electrons. The number of hydrogen-bond acceptors (Lipinski definition) is 1. The summed E-state index contributed by atoms with van der Waals surface area (Å²) in [5, 5.41) is 2.59. The second kappa shape index (κ2) is 3.94. The number of benzene rings is 1. The summed E-state index contributed by atoms with van der Waals surface area (Å²) >= 11 is 0. The lowest BCUT2D eigenvalue weighted by Crippen LogP contribution is -2.44. The maximum Gasteiger partial charge on any atom is 0.399 e. The van der Waals surface area contributed by atoms with Gasteiger partial charge in [0.15, 0.2) is 0 Å². The van der Waals surface area contributed by atoms with Gasteiger partial charge in [0, 0.05) is 12.6 Å². The Morgan fingerprint density at radius 2 is 1.65 bits per heavy atom. The fraction of sp³-hybridized carbons (Fsp3) is 0.455. The molecule has 0 spiro atoms. The maximum atomic E-state index is 13.1. The first-order chi connectivity index (χ1) is 7.85. The average Bonchev–Trinajstić information content (AvgIpc) is 2.64. The molecular weight excluding hydrogens is 241 g/mol. The van der Waals surface area contributed by atoms with Crippen molar-refractivity contribution < 1.29 is 22.0 Å². The number of alkyl halides is 3. The molecular formula is C11H10F5N. The minimum Gasteiger partial charge on any atom is -0.315 e. The van der Waals surface area contributed by atoms with Crippen LogP contribution in [0.25, 0.3) is 0 Å². The molecule has 17 heavy (non-hydrogen) atoms. The molecule has 1 N–H and O–H groups in total. The highest BCUT2D eigenvalue weighted by Gasteiger charge is 2.57. The second-order valence-corrected chi connectivity index (χ2v) is 4.16. The van der Waals surface area contributed by atoms with Gasteiger partial charge in [-0.15, -0.1) is 0 Å². The topological polar surface area (TPSA) is 12.0 Å². The van der Waals surface area contributed by atoms with E-state index in [9.17, 15) is 22.0 Å². The van der Waals surface area contributed by atoms with Crippen LogP contribution in [0.15, 0.2) is 18.2 Å². The molecule has 1 nitrogen and oxygen atoms in total. The highest BCUT2D eigenvalue weighted by Crippen LogP contribution is 2.45. The molecule has 1 atom stereocenters. The van der Waals surface area contributed by atoms with Crippen LogP contribution in [0.3, 0.4) is 0 Å². The van der Waals surface area contributed by atoms with Crippen LogP contribution < -0.4 is 5.32 Å². The van der Waals surface area contributed by atoms with Gasteiger partial charge in [0.05, 0.1) is 0 Å². The summed E-state index contributed by atoms with van der Waals surface area (Å²) < 4.78 is 65.3. The summed E-state index contributed by atoms with van der Waals surface area (Å²) in [5.41, 5.74) is -2.54. The van der Waals surface area contributed by atoms with Crippen LogP contribution in [-0.2, 0) is 5.41 Å². The van der Waals surface area contributed by atoms with Gasteiger partial charge in [-0.05, 0) is 30.7 Å². The predicted molar refractivity (Wildman–Crippen MR) is 51.6 cm³/mol. The molecule has 1 saturated heterocycles. The summed E-state index contributed by atoms with van der Waals surface area (Å²) in [5.74, 6) is -1.98. The first-order valence-corrected chi connectivity index (χ1v) is 5.09. The van der Waals surface area contributed by atoms with Gasteiger partial charge in [-0.3, -0.25) is 0 Å². The maximum absolute atomic E-state index is 13.1. The highest BCUT2D eigenvalue weighted by atomic mass is 19.4. The molecule has 1 aliphatic heterocycles. The molecule has 1 heterocycles. The largest absolute Gasteiger partial charge is 0.399 e. The van der Waals surface area contributed by atoms with Gasteiger partial charge < -0.3 is 5.32 Å². The first kappa shape index (κ1) is 12.3. The van der Waals surface area contributed by atoms with Crippen LogP contribution >= 0.6 is 0 Å². The van der Waals surface area contributed by atoms with E-state index in [4.69, 9.17) is 0 Å². The lowest BCUT2D eigenvalue weighted by atomic mass is 9.79. The van der Waals surface area contributed by atoms with Crippen LogP contribution in [0.2, 0.25) is 0 Å². The van der Waals surface area contributed by atoms with E-state index in [0.717, 1.165) is 12.1 Å². The van der Waals surface area contributed by atoms with E-state index in [-0.39, 0.29) is 25.1 Å². The van der Waals surface area contributed by atoms with Crippen molar-refractivity contribution in [1.82, 2.24) is 5.32 Å². The lowest BCUT2D eigenvalue weighted by molar-refractivity contribution is -0.185. The third-order valence-corrected chi connectivity index (χ3v) is 3.11. The standard InChI is InChI=1S/C11H10F5N/c12-8-3-7(4-9(13)5-8)10(11(14,15)16)1-2-17-6-10/h3-5,17H,1-2,6H2/t10-/m0/s1. The third kappa shape index (κ3) is 2.01. The Bertz CT molecular complexity index is 400. The summed E-state index contributed by atoms with van der Waals surface area (Å²) in [6, 6.07) is 2.07. The van der Waals surface area contributed by atoms with Crippen LogP contribution in [0, 0.1) is 11.6 Å².